The Kier molecular flexibility index (Phi) is 4.47. The Balaban J connectivity index is 1.73. The highest BCUT2D eigenvalue weighted by Gasteiger charge is 2.27. The molecule has 2 aliphatic carbocycles. The summed E-state index contributed by atoms with van der Waals surface area (Å²) in [5, 5.41) is 3.29. The number of carbonyl (C=O) groups excluding carboxylic acids is 1. The second-order valence-corrected chi connectivity index (χ2v) is 6.42. The van der Waals surface area contributed by atoms with Crippen molar-refractivity contribution in [3.8, 4) is 0 Å². The van der Waals surface area contributed by atoms with Crippen LogP contribution in [0.1, 0.15) is 65.2 Å². The zero-order chi connectivity index (χ0) is 12.3. The average molecular weight is 237 g/mol. The molecular weight excluding hydrogens is 210 g/mol. The number of amides is 1. The molecule has 0 radical (unpaired) electrons. The lowest BCUT2D eigenvalue weighted by Crippen LogP contribution is -2.41. The molecule has 17 heavy (non-hydrogen) atoms. The van der Waals surface area contributed by atoms with E-state index in [1.54, 1.807) is 0 Å². The van der Waals surface area contributed by atoms with E-state index in [4.69, 9.17) is 0 Å². The minimum absolute atomic E-state index is 0.311. The molecule has 0 unspecified atom stereocenters. The van der Waals surface area contributed by atoms with Gasteiger partial charge in [-0.15, -0.1) is 0 Å². The zero-order valence-corrected chi connectivity index (χ0v) is 11.4. The van der Waals surface area contributed by atoms with E-state index in [0.29, 0.717) is 17.9 Å². The van der Waals surface area contributed by atoms with Crippen LogP contribution in [0, 0.1) is 17.8 Å². The molecule has 1 N–H and O–H groups in total. The maximum absolute atomic E-state index is 12.1. The van der Waals surface area contributed by atoms with Crippen molar-refractivity contribution in [2.24, 2.45) is 17.8 Å². The summed E-state index contributed by atoms with van der Waals surface area (Å²) < 4.78 is 0. The first kappa shape index (κ1) is 12.9. The van der Waals surface area contributed by atoms with E-state index in [9.17, 15) is 4.79 Å². The molecule has 0 saturated heterocycles. The van der Waals surface area contributed by atoms with Crippen molar-refractivity contribution in [3.63, 3.8) is 0 Å². The normalized spacial score (nSPS) is 38.7. The molecule has 0 aromatic heterocycles. The van der Waals surface area contributed by atoms with E-state index < -0.39 is 0 Å². The van der Waals surface area contributed by atoms with Gasteiger partial charge in [-0.05, 0) is 63.2 Å². The van der Waals surface area contributed by atoms with Gasteiger partial charge in [0.1, 0.15) is 0 Å². The Morgan fingerprint density at radius 2 is 1.29 bits per heavy atom. The van der Waals surface area contributed by atoms with E-state index in [1.807, 2.05) is 0 Å². The highest BCUT2D eigenvalue weighted by atomic mass is 16.1. The highest BCUT2D eigenvalue weighted by Crippen LogP contribution is 2.29. The standard InChI is InChI=1S/C15H27NO/c1-11-3-7-13(8-4-11)15(17)16-14-9-5-12(2)6-10-14/h11-14H,3-10H2,1-2H3,(H,16,17). The van der Waals surface area contributed by atoms with E-state index in [2.05, 4.69) is 19.2 Å². The Hall–Kier alpha value is -0.530. The first-order valence-electron chi connectivity index (χ1n) is 7.45. The maximum Gasteiger partial charge on any atom is 0.223 e. The molecule has 0 bridgehead atoms. The number of carbonyl (C=O) groups is 1. The number of hydrogen-bond donors (Lipinski definition) is 1. The number of rotatable bonds is 2. The van der Waals surface area contributed by atoms with Crippen LogP contribution in [-0.4, -0.2) is 11.9 Å². The lowest BCUT2D eigenvalue weighted by atomic mass is 9.82. The monoisotopic (exact) mass is 237 g/mol. The first-order valence-corrected chi connectivity index (χ1v) is 7.45. The van der Waals surface area contributed by atoms with Crippen molar-refractivity contribution in [3.05, 3.63) is 0 Å². The fraction of sp³-hybridized carbons (Fsp3) is 0.933. The smallest absolute Gasteiger partial charge is 0.223 e. The molecule has 2 saturated carbocycles. The SMILES string of the molecule is CC1CCC(NC(=O)C2CCC(C)CC2)CC1. The third-order valence-corrected chi connectivity index (χ3v) is 4.75. The van der Waals surface area contributed by atoms with Gasteiger partial charge < -0.3 is 5.32 Å². The van der Waals surface area contributed by atoms with Crippen LogP contribution in [0.2, 0.25) is 0 Å². The zero-order valence-electron chi connectivity index (χ0n) is 11.4. The van der Waals surface area contributed by atoms with Gasteiger partial charge in [0.2, 0.25) is 5.91 Å². The summed E-state index contributed by atoms with van der Waals surface area (Å²) in [6, 6.07) is 0.470. The molecule has 2 rings (SSSR count). The quantitative estimate of drug-likeness (QED) is 0.782. The highest BCUT2D eigenvalue weighted by molar-refractivity contribution is 5.79. The minimum Gasteiger partial charge on any atom is -0.353 e. The van der Waals surface area contributed by atoms with Gasteiger partial charge in [0.25, 0.3) is 0 Å². The Morgan fingerprint density at radius 3 is 1.82 bits per heavy atom. The largest absolute Gasteiger partial charge is 0.353 e. The summed E-state index contributed by atoms with van der Waals surface area (Å²) >= 11 is 0. The summed E-state index contributed by atoms with van der Waals surface area (Å²) in [6.45, 7) is 4.62. The van der Waals surface area contributed by atoms with Gasteiger partial charge in [-0.1, -0.05) is 13.8 Å². The molecular formula is C15H27NO. The van der Waals surface area contributed by atoms with E-state index >= 15 is 0 Å². The fourth-order valence-corrected chi connectivity index (χ4v) is 3.25. The molecule has 0 aliphatic heterocycles. The molecule has 2 fully saturated rings. The van der Waals surface area contributed by atoms with Gasteiger partial charge in [-0.2, -0.15) is 0 Å². The van der Waals surface area contributed by atoms with Crippen molar-refractivity contribution in [1.82, 2.24) is 5.32 Å². The van der Waals surface area contributed by atoms with Crippen LogP contribution in [0.4, 0.5) is 0 Å². The second kappa shape index (κ2) is 5.88. The molecule has 98 valence electrons. The Labute approximate surface area is 106 Å². The van der Waals surface area contributed by atoms with E-state index in [-0.39, 0.29) is 0 Å². The van der Waals surface area contributed by atoms with Crippen LogP contribution in [0.3, 0.4) is 0 Å². The summed E-state index contributed by atoms with van der Waals surface area (Å²) in [6.07, 6.45) is 9.64. The number of hydrogen-bond acceptors (Lipinski definition) is 1. The predicted molar refractivity (Wildman–Crippen MR) is 70.7 cm³/mol. The van der Waals surface area contributed by atoms with Gasteiger partial charge >= 0.3 is 0 Å². The van der Waals surface area contributed by atoms with Gasteiger partial charge in [0.15, 0.2) is 0 Å². The lowest BCUT2D eigenvalue weighted by Gasteiger charge is -2.30. The van der Waals surface area contributed by atoms with Crippen LogP contribution < -0.4 is 5.32 Å². The third-order valence-electron chi connectivity index (χ3n) is 4.75. The van der Waals surface area contributed by atoms with Crippen molar-refractivity contribution in [1.29, 1.82) is 0 Å². The van der Waals surface area contributed by atoms with Gasteiger partial charge in [-0.25, -0.2) is 0 Å². The lowest BCUT2D eigenvalue weighted by molar-refractivity contribution is -0.127. The summed E-state index contributed by atoms with van der Waals surface area (Å²) in [5.41, 5.74) is 0. The van der Waals surface area contributed by atoms with E-state index in [0.717, 1.165) is 24.7 Å². The van der Waals surface area contributed by atoms with Crippen molar-refractivity contribution in [2.45, 2.75) is 71.3 Å². The van der Waals surface area contributed by atoms with Crippen LogP contribution in [0.25, 0.3) is 0 Å². The van der Waals surface area contributed by atoms with Crippen LogP contribution in [0.15, 0.2) is 0 Å². The summed E-state index contributed by atoms with van der Waals surface area (Å²) in [4.78, 5) is 12.1. The minimum atomic E-state index is 0.311. The Bertz CT molecular complexity index is 248. The van der Waals surface area contributed by atoms with Crippen LogP contribution in [-0.2, 0) is 4.79 Å². The molecule has 2 heteroatoms. The van der Waals surface area contributed by atoms with Crippen molar-refractivity contribution >= 4 is 5.91 Å². The van der Waals surface area contributed by atoms with Crippen LogP contribution >= 0.6 is 0 Å². The predicted octanol–water partition coefficient (Wildman–Crippen LogP) is 3.51. The summed E-state index contributed by atoms with van der Waals surface area (Å²) in [5.74, 6) is 2.34. The molecule has 0 atom stereocenters. The topological polar surface area (TPSA) is 29.1 Å². The average Bonchev–Trinajstić information content (AvgIpc) is 2.33. The van der Waals surface area contributed by atoms with E-state index in [1.165, 1.54) is 38.5 Å². The van der Waals surface area contributed by atoms with Gasteiger partial charge in [0.05, 0.1) is 0 Å². The molecule has 0 aromatic rings. The molecule has 0 heterocycles. The molecule has 2 aliphatic rings. The maximum atomic E-state index is 12.1. The fourth-order valence-electron chi connectivity index (χ4n) is 3.25. The second-order valence-electron chi connectivity index (χ2n) is 6.42. The van der Waals surface area contributed by atoms with Gasteiger partial charge in [0, 0.05) is 12.0 Å². The number of nitrogens with one attached hydrogen (secondary N) is 1. The molecule has 0 aromatic carbocycles. The van der Waals surface area contributed by atoms with Crippen molar-refractivity contribution < 1.29 is 4.79 Å². The van der Waals surface area contributed by atoms with Gasteiger partial charge in [-0.3, -0.25) is 4.79 Å². The van der Waals surface area contributed by atoms with Crippen LogP contribution in [0.5, 0.6) is 0 Å². The summed E-state index contributed by atoms with van der Waals surface area (Å²) in [7, 11) is 0. The first-order chi connectivity index (χ1) is 8.15. The van der Waals surface area contributed by atoms with Crippen molar-refractivity contribution in [2.75, 3.05) is 0 Å². The third kappa shape index (κ3) is 3.72. The molecule has 1 amide bonds. The Morgan fingerprint density at radius 1 is 0.824 bits per heavy atom. The molecule has 2 nitrogen and oxygen atoms in total. The molecule has 0 spiro atoms.